The summed E-state index contributed by atoms with van der Waals surface area (Å²) < 4.78 is 62.9. The smallest absolute Gasteiger partial charge is 0.384 e. The minimum absolute atomic E-state index is 0.246. The summed E-state index contributed by atoms with van der Waals surface area (Å²) in [6.45, 7) is -1.21. The highest BCUT2D eigenvalue weighted by Crippen LogP contribution is 2.58. The van der Waals surface area contributed by atoms with Crippen molar-refractivity contribution >= 4 is 21.5 Å². The Labute approximate surface area is 142 Å². The Bertz CT molecular complexity index is 828. The molecule has 0 amide bonds. The molecule has 148 valence electrons. The summed E-state index contributed by atoms with van der Waals surface area (Å²) in [6, 6.07) is 1.02. The van der Waals surface area contributed by atoms with Gasteiger partial charge in [0.1, 0.15) is 11.9 Å². The van der Waals surface area contributed by atoms with Crippen molar-refractivity contribution in [1.82, 2.24) is 9.55 Å². The molecule has 0 aliphatic carbocycles. The normalized spacial score (nSPS) is 28.0. The van der Waals surface area contributed by atoms with Crippen LogP contribution in [-0.2, 0) is 22.7 Å². The molecule has 4 unspecified atom stereocenters. The maximum atomic E-state index is 14.2. The van der Waals surface area contributed by atoms with E-state index in [1.807, 2.05) is 0 Å². The first-order valence-electron chi connectivity index (χ1n) is 6.53. The van der Waals surface area contributed by atoms with Crippen LogP contribution in [0.3, 0.4) is 0 Å². The monoisotopic (exact) mass is 423 g/mol. The highest BCUT2D eigenvalue weighted by Gasteiger charge is 2.60. The molecule has 1 saturated heterocycles. The Kier molecular flexibility index (Phi) is 5.69. The van der Waals surface area contributed by atoms with Crippen molar-refractivity contribution in [3.8, 4) is 0 Å². The molecule has 6 N–H and O–H groups in total. The fraction of sp³-hybridized carbons (Fsp3) is 0.556. The van der Waals surface area contributed by atoms with Crippen LogP contribution < -0.4 is 11.4 Å². The number of aliphatic hydroxyl groups is 1. The molecule has 2 heterocycles. The van der Waals surface area contributed by atoms with Crippen LogP contribution >= 0.6 is 15.6 Å². The fourth-order valence-electron chi connectivity index (χ4n) is 2.04. The molecule has 0 spiro atoms. The summed E-state index contributed by atoms with van der Waals surface area (Å²) in [5, 5.41) is 9.64. The first-order valence-corrected chi connectivity index (χ1v) is 9.56. The number of anilines is 1. The molecule has 26 heavy (non-hydrogen) atoms. The van der Waals surface area contributed by atoms with Crippen molar-refractivity contribution in [2.24, 2.45) is 0 Å². The number of hydrogen-bond donors (Lipinski definition) is 5. The van der Waals surface area contributed by atoms with Gasteiger partial charge in [-0.05, 0) is 6.07 Å². The molecule has 4 atom stereocenters. The summed E-state index contributed by atoms with van der Waals surface area (Å²) >= 11 is 0. The molecule has 1 aliphatic heterocycles. The maximum Gasteiger partial charge on any atom is 0.481 e. The highest BCUT2D eigenvalue weighted by atomic mass is 31.3. The molecule has 17 heteroatoms. The van der Waals surface area contributed by atoms with Crippen LogP contribution in [0.5, 0.6) is 0 Å². The molecule has 13 nitrogen and oxygen atoms in total. The predicted octanol–water partition coefficient (Wildman–Crippen LogP) is -1.05. The molecule has 1 fully saturated rings. The van der Waals surface area contributed by atoms with E-state index in [-0.39, 0.29) is 5.82 Å². The summed E-state index contributed by atoms with van der Waals surface area (Å²) in [5.74, 6) is -4.29. The van der Waals surface area contributed by atoms with Gasteiger partial charge in [0, 0.05) is 6.20 Å². The number of alkyl halides is 2. The lowest BCUT2D eigenvalue weighted by atomic mass is 10.1. The number of hydrogen-bond acceptors (Lipinski definition) is 9. The van der Waals surface area contributed by atoms with Gasteiger partial charge in [0.25, 0.3) is 0 Å². The molecule has 1 aromatic rings. The van der Waals surface area contributed by atoms with Gasteiger partial charge in [-0.3, -0.25) is 9.09 Å². The van der Waals surface area contributed by atoms with E-state index in [0.717, 1.165) is 12.3 Å². The standard InChI is InChI=1S/C9H13F2N3O10P2/c10-9(11)6(15)4(3-22-26(20,21)24-25(17,18)19)23-7(9)14-2-1-5(12)13-8(14)16/h1-2,4,6-7,15H,3H2,(H,20,21)(H2,12,13,16)(H2,17,18,19). The number of nitrogens with two attached hydrogens (primary N) is 1. The topological polar surface area (TPSA) is 204 Å². The van der Waals surface area contributed by atoms with Crippen molar-refractivity contribution in [2.45, 2.75) is 24.4 Å². The third kappa shape index (κ3) is 4.71. The average molecular weight is 423 g/mol. The second-order valence-electron chi connectivity index (χ2n) is 5.03. The van der Waals surface area contributed by atoms with Crippen LogP contribution in [0.2, 0.25) is 0 Å². The number of nitrogen functional groups attached to an aromatic ring is 1. The number of phosphoric ester groups is 1. The van der Waals surface area contributed by atoms with Crippen molar-refractivity contribution in [3.05, 3.63) is 22.7 Å². The van der Waals surface area contributed by atoms with Crippen LogP contribution in [0.1, 0.15) is 6.23 Å². The molecule has 1 aromatic heterocycles. The van der Waals surface area contributed by atoms with Crippen LogP contribution in [0.15, 0.2) is 17.1 Å². The molecule has 0 bridgehead atoms. The molecule has 2 rings (SSSR count). The largest absolute Gasteiger partial charge is 0.481 e. The van der Waals surface area contributed by atoms with Crippen molar-refractivity contribution in [2.75, 3.05) is 12.3 Å². The van der Waals surface area contributed by atoms with E-state index in [1.54, 1.807) is 0 Å². The number of ether oxygens (including phenoxy) is 1. The van der Waals surface area contributed by atoms with Crippen LogP contribution in [0.25, 0.3) is 0 Å². The van der Waals surface area contributed by atoms with Gasteiger partial charge >= 0.3 is 27.3 Å². The zero-order valence-electron chi connectivity index (χ0n) is 12.5. The summed E-state index contributed by atoms with van der Waals surface area (Å²) in [5.41, 5.74) is 4.03. The Morgan fingerprint density at radius 2 is 2.00 bits per heavy atom. The number of aliphatic hydroxyl groups excluding tert-OH is 1. The van der Waals surface area contributed by atoms with Crippen LogP contribution in [0, 0.1) is 0 Å². The van der Waals surface area contributed by atoms with E-state index in [2.05, 4.69) is 13.8 Å². The third-order valence-corrected chi connectivity index (χ3v) is 5.25. The Balaban J connectivity index is 2.17. The summed E-state index contributed by atoms with van der Waals surface area (Å²) in [7, 11) is -10.8. The highest BCUT2D eigenvalue weighted by molar-refractivity contribution is 7.60. The molecule has 0 radical (unpaired) electrons. The maximum absolute atomic E-state index is 14.2. The molecular formula is C9H13F2N3O10P2. The average Bonchev–Trinajstić information content (AvgIpc) is 2.66. The Morgan fingerprint density at radius 1 is 1.38 bits per heavy atom. The summed E-state index contributed by atoms with van der Waals surface area (Å²) in [4.78, 5) is 40.9. The number of phosphoric acid groups is 2. The lowest BCUT2D eigenvalue weighted by Gasteiger charge is -2.20. The number of halogens is 2. The van der Waals surface area contributed by atoms with E-state index < -0.39 is 52.3 Å². The third-order valence-electron chi connectivity index (χ3n) is 3.10. The lowest BCUT2D eigenvalue weighted by Crippen LogP contribution is -2.41. The number of nitrogens with zero attached hydrogens (tertiary/aromatic N) is 2. The first-order chi connectivity index (χ1) is 11.7. The SMILES string of the molecule is Nc1ccn(C2OC(COP(=O)(O)OP(=O)(O)O)C(O)C2(F)F)c(=O)n1. The second-order valence-corrected chi connectivity index (χ2v) is 7.85. The fourth-order valence-corrected chi connectivity index (χ4v) is 3.64. The zero-order chi connectivity index (χ0) is 19.9. The lowest BCUT2D eigenvalue weighted by molar-refractivity contribution is -0.140. The van der Waals surface area contributed by atoms with Gasteiger partial charge in [-0.15, -0.1) is 0 Å². The molecular weight excluding hydrogens is 410 g/mol. The minimum atomic E-state index is -5.42. The van der Waals surface area contributed by atoms with Crippen molar-refractivity contribution in [3.63, 3.8) is 0 Å². The van der Waals surface area contributed by atoms with E-state index in [1.165, 1.54) is 0 Å². The van der Waals surface area contributed by atoms with Gasteiger partial charge in [-0.1, -0.05) is 0 Å². The number of aromatic nitrogens is 2. The van der Waals surface area contributed by atoms with Crippen molar-refractivity contribution < 1.29 is 51.3 Å². The van der Waals surface area contributed by atoms with E-state index in [0.29, 0.717) is 4.57 Å². The van der Waals surface area contributed by atoms with Gasteiger partial charge in [0.2, 0.25) is 6.23 Å². The minimum Gasteiger partial charge on any atom is -0.384 e. The zero-order valence-corrected chi connectivity index (χ0v) is 14.2. The Hall–Kier alpha value is -1.28. The van der Waals surface area contributed by atoms with Gasteiger partial charge in [0.15, 0.2) is 6.10 Å². The van der Waals surface area contributed by atoms with E-state index in [4.69, 9.17) is 25.2 Å². The molecule has 0 saturated carbocycles. The second kappa shape index (κ2) is 7.03. The van der Waals surface area contributed by atoms with Crippen LogP contribution in [-0.4, -0.2) is 54.1 Å². The van der Waals surface area contributed by atoms with Crippen LogP contribution in [0.4, 0.5) is 14.6 Å². The van der Waals surface area contributed by atoms with Gasteiger partial charge in [0.05, 0.1) is 6.61 Å². The first kappa shape index (κ1) is 21.0. The number of rotatable bonds is 6. The Morgan fingerprint density at radius 3 is 2.54 bits per heavy atom. The molecule has 1 aliphatic rings. The van der Waals surface area contributed by atoms with E-state index in [9.17, 15) is 27.8 Å². The quantitative estimate of drug-likeness (QED) is 0.348. The van der Waals surface area contributed by atoms with E-state index >= 15 is 0 Å². The van der Waals surface area contributed by atoms with Gasteiger partial charge in [-0.25, -0.2) is 13.9 Å². The predicted molar refractivity (Wildman–Crippen MR) is 76.7 cm³/mol. The summed E-state index contributed by atoms with van der Waals surface area (Å²) in [6.07, 6.45) is -6.03. The van der Waals surface area contributed by atoms with Gasteiger partial charge < -0.3 is 30.3 Å². The van der Waals surface area contributed by atoms with Gasteiger partial charge in [-0.2, -0.15) is 18.1 Å². The van der Waals surface area contributed by atoms with Crippen molar-refractivity contribution in [1.29, 1.82) is 0 Å². The molecule has 0 aromatic carbocycles.